The number of likely N-dealkylation sites (tertiary alicyclic amines) is 1. The van der Waals surface area contributed by atoms with E-state index in [1.165, 1.54) is 11.1 Å². The standard InChI is InChI=1S/C20H31N3O2/c1-16-5-7-18(8-6-16)17(2)21-19-4-3-9-23(20(19)24)11-10-22-12-14-25-15-13-22/h5-8,17,19,21H,3-4,9-15H2,1-2H3/t17-,19+/m0/s1. The van der Waals surface area contributed by atoms with Gasteiger partial charge in [0.05, 0.1) is 19.3 Å². The monoisotopic (exact) mass is 345 g/mol. The molecular weight excluding hydrogens is 314 g/mol. The molecule has 1 aromatic carbocycles. The maximum atomic E-state index is 12.8. The summed E-state index contributed by atoms with van der Waals surface area (Å²) in [5, 5.41) is 3.55. The van der Waals surface area contributed by atoms with Crippen LogP contribution in [0.2, 0.25) is 0 Å². The van der Waals surface area contributed by atoms with Gasteiger partial charge in [0.1, 0.15) is 0 Å². The lowest BCUT2D eigenvalue weighted by Gasteiger charge is -2.36. The zero-order chi connectivity index (χ0) is 17.6. The molecule has 1 amide bonds. The summed E-state index contributed by atoms with van der Waals surface area (Å²) in [5.41, 5.74) is 2.50. The Morgan fingerprint density at radius 2 is 1.88 bits per heavy atom. The summed E-state index contributed by atoms with van der Waals surface area (Å²) in [6.07, 6.45) is 2.01. The van der Waals surface area contributed by atoms with Gasteiger partial charge >= 0.3 is 0 Å². The number of morpholine rings is 1. The van der Waals surface area contributed by atoms with E-state index in [0.717, 1.165) is 58.8 Å². The third-order valence-electron chi connectivity index (χ3n) is 5.35. The topological polar surface area (TPSA) is 44.8 Å². The van der Waals surface area contributed by atoms with Crippen molar-refractivity contribution >= 4 is 5.91 Å². The van der Waals surface area contributed by atoms with Crippen molar-refractivity contribution in [3.8, 4) is 0 Å². The van der Waals surface area contributed by atoms with E-state index in [-0.39, 0.29) is 18.0 Å². The van der Waals surface area contributed by atoms with E-state index in [4.69, 9.17) is 4.74 Å². The molecule has 2 fully saturated rings. The number of rotatable bonds is 6. The number of carbonyl (C=O) groups is 1. The highest BCUT2D eigenvalue weighted by Gasteiger charge is 2.29. The third-order valence-corrected chi connectivity index (χ3v) is 5.35. The van der Waals surface area contributed by atoms with Crippen molar-refractivity contribution < 1.29 is 9.53 Å². The number of nitrogens with one attached hydrogen (secondary N) is 1. The molecule has 1 N–H and O–H groups in total. The fraction of sp³-hybridized carbons (Fsp3) is 0.650. The molecule has 1 aromatic rings. The molecule has 3 rings (SSSR count). The molecule has 5 heteroatoms. The second-order valence-electron chi connectivity index (χ2n) is 7.27. The number of nitrogens with zero attached hydrogens (tertiary/aromatic N) is 2. The van der Waals surface area contributed by atoms with Gasteiger partial charge in [-0.15, -0.1) is 0 Å². The molecule has 5 nitrogen and oxygen atoms in total. The van der Waals surface area contributed by atoms with Gasteiger partial charge in [0.2, 0.25) is 5.91 Å². The first kappa shape index (κ1) is 18.4. The van der Waals surface area contributed by atoms with Crippen LogP contribution in [0.15, 0.2) is 24.3 Å². The number of ether oxygens (including phenoxy) is 1. The SMILES string of the molecule is Cc1ccc([C@H](C)N[C@@H]2CCCN(CCN3CCOCC3)C2=O)cc1. The molecular formula is C20H31N3O2. The van der Waals surface area contributed by atoms with Crippen molar-refractivity contribution in [3.05, 3.63) is 35.4 Å². The van der Waals surface area contributed by atoms with Gasteiger partial charge in [0, 0.05) is 38.8 Å². The first-order chi connectivity index (χ1) is 12.1. The van der Waals surface area contributed by atoms with Crippen LogP contribution in [0.3, 0.4) is 0 Å². The van der Waals surface area contributed by atoms with Crippen molar-refractivity contribution in [2.24, 2.45) is 0 Å². The highest BCUT2D eigenvalue weighted by atomic mass is 16.5. The van der Waals surface area contributed by atoms with Crippen LogP contribution in [0, 0.1) is 6.92 Å². The summed E-state index contributed by atoms with van der Waals surface area (Å²) in [6, 6.07) is 8.69. The predicted octanol–water partition coefficient (Wildman–Crippen LogP) is 1.97. The zero-order valence-electron chi connectivity index (χ0n) is 15.5. The summed E-state index contributed by atoms with van der Waals surface area (Å²) < 4.78 is 5.39. The molecule has 0 aliphatic carbocycles. The van der Waals surface area contributed by atoms with Crippen molar-refractivity contribution in [2.75, 3.05) is 45.9 Å². The molecule has 0 aromatic heterocycles. The molecule has 0 saturated carbocycles. The first-order valence-electron chi connectivity index (χ1n) is 9.55. The molecule has 2 aliphatic heterocycles. The Balaban J connectivity index is 1.51. The average molecular weight is 345 g/mol. The number of amides is 1. The number of aryl methyl sites for hydroxylation is 1. The van der Waals surface area contributed by atoms with Gasteiger partial charge in [-0.3, -0.25) is 15.0 Å². The lowest BCUT2D eigenvalue weighted by atomic mass is 10.0. The van der Waals surface area contributed by atoms with Crippen LogP contribution in [0.4, 0.5) is 0 Å². The third kappa shape index (κ3) is 5.03. The maximum Gasteiger partial charge on any atom is 0.239 e. The highest BCUT2D eigenvalue weighted by Crippen LogP contribution is 2.18. The molecule has 2 atom stereocenters. The lowest BCUT2D eigenvalue weighted by molar-refractivity contribution is -0.136. The van der Waals surface area contributed by atoms with E-state index in [1.807, 2.05) is 4.90 Å². The summed E-state index contributed by atoms with van der Waals surface area (Å²) in [4.78, 5) is 17.3. The fourth-order valence-electron chi connectivity index (χ4n) is 3.66. The number of carbonyl (C=O) groups excluding carboxylic acids is 1. The van der Waals surface area contributed by atoms with Crippen molar-refractivity contribution in [1.29, 1.82) is 0 Å². The Bertz CT molecular complexity index is 555. The number of hydrogen-bond donors (Lipinski definition) is 1. The Hall–Kier alpha value is -1.43. The van der Waals surface area contributed by atoms with Crippen molar-refractivity contribution in [2.45, 2.75) is 38.8 Å². The second-order valence-corrected chi connectivity index (χ2v) is 7.27. The van der Waals surface area contributed by atoms with E-state index >= 15 is 0 Å². The van der Waals surface area contributed by atoms with Gasteiger partial charge in [-0.1, -0.05) is 29.8 Å². The van der Waals surface area contributed by atoms with Gasteiger partial charge in [-0.25, -0.2) is 0 Å². The minimum atomic E-state index is -0.0604. The minimum absolute atomic E-state index is 0.0604. The Labute approximate surface area is 151 Å². The zero-order valence-corrected chi connectivity index (χ0v) is 15.5. The second kappa shape index (κ2) is 8.79. The van der Waals surface area contributed by atoms with E-state index in [1.54, 1.807) is 0 Å². The Morgan fingerprint density at radius 1 is 1.16 bits per heavy atom. The molecule has 25 heavy (non-hydrogen) atoms. The quantitative estimate of drug-likeness (QED) is 0.856. The van der Waals surface area contributed by atoms with Crippen LogP contribution in [-0.2, 0) is 9.53 Å². The van der Waals surface area contributed by atoms with E-state index in [0.29, 0.717) is 0 Å². The summed E-state index contributed by atoms with van der Waals surface area (Å²) in [5.74, 6) is 0.262. The van der Waals surface area contributed by atoms with Gasteiger partial charge in [0.15, 0.2) is 0 Å². The highest BCUT2D eigenvalue weighted by molar-refractivity contribution is 5.82. The van der Waals surface area contributed by atoms with Crippen molar-refractivity contribution in [1.82, 2.24) is 15.1 Å². The van der Waals surface area contributed by atoms with Crippen LogP contribution in [0.25, 0.3) is 0 Å². The van der Waals surface area contributed by atoms with E-state index in [2.05, 4.69) is 48.3 Å². The smallest absolute Gasteiger partial charge is 0.239 e. The largest absolute Gasteiger partial charge is 0.379 e. The molecule has 2 heterocycles. The number of piperidine rings is 1. The molecule has 2 aliphatic rings. The van der Waals surface area contributed by atoms with Crippen LogP contribution < -0.4 is 5.32 Å². The maximum absolute atomic E-state index is 12.8. The number of benzene rings is 1. The molecule has 2 saturated heterocycles. The minimum Gasteiger partial charge on any atom is -0.379 e. The first-order valence-corrected chi connectivity index (χ1v) is 9.55. The number of hydrogen-bond acceptors (Lipinski definition) is 4. The Morgan fingerprint density at radius 3 is 2.60 bits per heavy atom. The fourth-order valence-corrected chi connectivity index (χ4v) is 3.66. The summed E-state index contributed by atoms with van der Waals surface area (Å²) in [6.45, 7) is 10.5. The molecule has 138 valence electrons. The van der Waals surface area contributed by atoms with Crippen LogP contribution >= 0.6 is 0 Å². The normalized spacial score (nSPS) is 23.7. The summed E-state index contributed by atoms with van der Waals surface area (Å²) in [7, 11) is 0. The van der Waals surface area contributed by atoms with Gasteiger partial charge in [0.25, 0.3) is 0 Å². The average Bonchev–Trinajstić information content (AvgIpc) is 2.64. The van der Waals surface area contributed by atoms with Crippen LogP contribution in [0.5, 0.6) is 0 Å². The van der Waals surface area contributed by atoms with Crippen LogP contribution in [-0.4, -0.2) is 67.7 Å². The molecule has 0 spiro atoms. The van der Waals surface area contributed by atoms with Crippen LogP contribution in [0.1, 0.15) is 36.9 Å². The van der Waals surface area contributed by atoms with Gasteiger partial charge in [-0.05, 0) is 32.3 Å². The molecule has 0 radical (unpaired) electrons. The molecule has 0 bridgehead atoms. The summed E-state index contributed by atoms with van der Waals surface area (Å²) >= 11 is 0. The molecule has 0 unspecified atom stereocenters. The van der Waals surface area contributed by atoms with Gasteiger partial charge in [-0.2, -0.15) is 0 Å². The lowest BCUT2D eigenvalue weighted by Crippen LogP contribution is -2.53. The van der Waals surface area contributed by atoms with E-state index < -0.39 is 0 Å². The van der Waals surface area contributed by atoms with Gasteiger partial charge < -0.3 is 9.64 Å². The Kier molecular flexibility index (Phi) is 6.45. The van der Waals surface area contributed by atoms with E-state index in [9.17, 15) is 4.79 Å². The van der Waals surface area contributed by atoms with Crippen molar-refractivity contribution in [3.63, 3.8) is 0 Å². The predicted molar refractivity (Wildman–Crippen MR) is 99.6 cm³/mol.